The lowest BCUT2D eigenvalue weighted by Gasteiger charge is -2.07. The van der Waals surface area contributed by atoms with E-state index in [0.717, 1.165) is 9.99 Å². The Hall–Kier alpha value is -1.64. The monoisotopic (exact) mass is 404 g/mol. The van der Waals surface area contributed by atoms with Gasteiger partial charge in [-0.3, -0.25) is 9.59 Å². The molecule has 114 valence electrons. The molecule has 6 nitrogen and oxygen atoms in total. The van der Waals surface area contributed by atoms with Crippen LogP contribution in [0.3, 0.4) is 0 Å². The van der Waals surface area contributed by atoms with Crippen LogP contribution in [-0.2, 0) is 14.3 Å². The predicted octanol–water partition coefficient (Wildman–Crippen LogP) is 1.09. The summed E-state index contributed by atoms with van der Waals surface area (Å²) in [4.78, 5) is 34.5. The van der Waals surface area contributed by atoms with E-state index < -0.39 is 18.5 Å². The van der Waals surface area contributed by atoms with Gasteiger partial charge in [-0.2, -0.15) is 0 Å². The quantitative estimate of drug-likeness (QED) is 0.527. The SMILES string of the molecule is CCCNC(=O)CNC(=O)COC(=O)c1ccccc1I. The summed E-state index contributed by atoms with van der Waals surface area (Å²) in [6.45, 7) is 1.96. The van der Waals surface area contributed by atoms with Gasteiger partial charge < -0.3 is 15.4 Å². The van der Waals surface area contributed by atoms with Gasteiger partial charge in [0.1, 0.15) is 0 Å². The number of carbonyl (C=O) groups excluding carboxylic acids is 3. The fourth-order valence-corrected chi connectivity index (χ4v) is 2.00. The van der Waals surface area contributed by atoms with Crippen LogP contribution in [0.25, 0.3) is 0 Å². The number of ether oxygens (including phenoxy) is 1. The second-order valence-electron chi connectivity index (χ2n) is 4.18. The summed E-state index contributed by atoms with van der Waals surface area (Å²) in [5.41, 5.74) is 0.409. The van der Waals surface area contributed by atoms with Crippen LogP contribution in [0.15, 0.2) is 24.3 Å². The van der Waals surface area contributed by atoms with Crippen LogP contribution >= 0.6 is 22.6 Å². The molecule has 1 rings (SSSR count). The predicted molar refractivity (Wildman–Crippen MR) is 85.8 cm³/mol. The molecule has 0 bridgehead atoms. The van der Waals surface area contributed by atoms with E-state index in [1.54, 1.807) is 24.3 Å². The maximum Gasteiger partial charge on any atom is 0.339 e. The first-order valence-electron chi connectivity index (χ1n) is 6.49. The van der Waals surface area contributed by atoms with Gasteiger partial charge in [0.25, 0.3) is 5.91 Å². The molecule has 2 amide bonds. The molecule has 0 aliphatic rings. The van der Waals surface area contributed by atoms with Gasteiger partial charge in [0.05, 0.1) is 12.1 Å². The average molecular weight is 404 g/mol. The van der Waals surface area contributed by atoms with Crippen molar-refractivity contribution in [1.82, 2.24) is 10.6 Å². The molecule has 0 saturated carbocycles. The van der Waals surface area contributed by atoms with Crippen molar-refractivity contribution in [2.75, 3.05) is 19.7 Å². The van der Waals surface area contributed by atoms with E-state index in [1.807, 2.05) is 29.5 Å². The van der Waals surface area contributed by atoms with E-state index in [9.17, 15) is 14.4 Å². The number of halogens is 1. The molecule has 1 aromatic carbocycles. The van der Waals surface area contributed by atoms with E-state index in [0.29, 0.717) is 12.1 Å². The van der Waals surface area contributed by atoms with Crippen LogP contribution in [0, 0.1) is 3.57 Å². The molecule has 0 spiro atoms. The van der Waals surface area contributed by atoms with Gasteiger partial charge in [-0.1, -0.05) is 19.1 Å². The number of benzene rings is 1. The first-order chi connectivity index (χ1) is 10.0. The molecule has 0 heterocycles. The average Bonchev–Trinajstić information content (AvgIpc) is 2.48. The Morgan fingerprint density at radius 1 is 1.14 bits per heavy atom. The Morgan fingerprint density at radius 3 is 2.52 bits per heavy atom. The molecule has 0 aromatic heterocycles. The molecule has 21 heavy (non-hydrogen) atoms. The highest BCUT2D eigenvalue weighted by Crippen LogP contribution is 2.12. The van der Waals surface area contributed by atoms with Crippen LogP contribution in [0.4, 0.5) is 0 Å². The maximum absolute atomic E-state index is 11.8. The lowest BCUT2D eigenvalue weighted by atomic mass is 10.2. The number of carbonyl (C=O) groups is 3. The van der Waals surface area contributed by atoms with Gasteiger partial charge >= 0.3 is 5.97 Å². The fraction of sp³-hybridized carbons (Fsp3) is 0.357. The number of nitrogens with one attached hydrogen (secondary N) is 2. The van der Waals surface area contributed by atoms with Crippen LogP contribution in [-0.4, -0.2) is 37.5 Å². The number of esters is 1. The number of hydrogen-bond acceptors (Lipinski definition) is 4. The standard InChI is InChI=1S/C14H17IN2O4/c1-2-7-16-12(18)8-17-13(19)9-21-14(20)10-5-3-4-6-11(10)15/h3-6H,2,7-9H2,1H3,(H,16,18)(H,17,19). The Kier molecular flexibility index (Phi) is 7.73. The minimum Gasteiger partial charge on any atom is -0.452 e. The maximum atomic E-state index is 11.8. The van der Waals surface area contributed by atoms with Crippen LogP contribution < -0.4 is 10.6 Å². The number of amides is 2. The second-order valence-corrected chi connectivity index (χ2v) is 5.34. The highest BCUT2D eigenvalue weighted by molar-refractivity contribution is 14.1. The summed E-state index contributed by atoms with van der Waals surface area (Å²) in [5.74, 6) is -1.35. The Labute approximate surface area is 136 Å². The summed E-state index contributed by atoms with van der Waals surface area (Å²) in [6.07, 6.45) is 0.826. The van der Waals surface area contributed by atoms with Crippen molar-refractivity contribution in [3.63, 3.8) is 0 Å². The highest BCUT2D eigenvalue weighted by atomic mass is 127. The fourth-order valence-electron chi connectivity index (χ4n) is 1.39. The van der Waals surface area contributed by atoms with Gasteiger partial charge in [0.15, 0.2) is 6.61 Å². The second kappa shape index (κ2) is 9.32. The van der Waals surface area contributed by atoms with Crippen molar-refractivity contribution in [3.05, 3.63) is 33.4 Å². The van der Waals surface area contributed by atoms with Crippen molar-refractivity contribution in [2.45, 2.75) is 13.3 Å². The van der Waals surface area contributed by atoms with Crippen LogP contribution in [0.5, 0.6) is 0 Å². The molecule has 0 unspecified atom stereocenters. The summed E-state index contributed by atoms with van der Waals surface area (Å²) >= 11 is 2.02. The molecule has 0 aliphatic carbocycles. The normalized spacial score (nSPS) is 9.81. The first kappa shape index (κ1) is 17.4. The molecular formula is C14H17IN2O4. The van der Waals surface area contributed by atoms with Gasteiger partial charge in [0, 0.05) is 10.1 Å². The van der Waals surface area contributed by atoms with E-state index in [4.69, 9.17) is 4.74 Å². The molecule has 2 N–H and O–H groups in total. The van der Waals surface area contributed by atoms with E-state index in [1.165, 1.54) is 0 Å². The number of rotatable bonds is 7. The molecule has 0 saturated heterocycles. The lowest BCUT2D eigenvalue weighted by Crippen LogP contribution is -2.38. The summed E-state index contributed by atoms with van der Waals surface area (Å²) in [5, 5.41) is 5.01. The lowest BCUT2D eigenvalue weighted by molar-refractivity contribution is -0.127. The molecule has 1 aromatic rings. The van der Waals surface area contributed by atoms with Crippen molar-refractivity contribution in [2.24, 2.45) is 0 Å². The zero-order valence-electron chi connectivity index (χ0n) is 11.6. The van der Waals surface area contributed by atoms with Crippen molar-refractivity contribution in [1.29, 1.82) is 0 Å². The zero-order chi connectivity index (χ0) is 15.7. The number of hydrogen-bond donors (Lipinski definition) is 2. The summed E-state index contributed by atoms with van der Waals surface area (Å²) in [7, 11) is 0. The van der Waals surface area contributed by atoms with Gasteiger partial charge in [-0.05, 0) is 41.1 Å². The van der Waals surface area contributed by atoms with Gasteiger partial charge in [-0.25, -0.2) is 4.79 Å². The third-order valence-corrected chi connectivity index (χ3v) is 3.39. The summed E-state index contributed by atoms with van der Waals surface area (Å²) < 4.78 is 5.65. The van der Waals surface area contributed by atoms with Gasteiger partial charge in [0.2, 0.25) is 5.91 Å². The van der Waals surface area contributed by atoms with Crippen LogP contribution in [0.2, 0.25) is 0 Å². The largest absolute Gasteiger partial charge is 0.452 e. The zero-order valence-corrected chi connectivity index (χ0v) is 13.8. The molecule has 0 fully saturated rings. The smallest absolute Gasteiger partial charge is 0.339 e. The minimum atomic E-state index is -0.564. The van der Waals surface area contributed by atoms with Crippen molar-refractivity contribution < 1.29 is 19.1 Å². The molecule has 0 aliphatic heterocycles. The van der Waals surface area contributed by atoms with Gasteiger partial charge in [-0.15, -0.1) is 0 Å². The Balaban J connectivity index is 2.32. The van der Waals surface area contributed by atoms with E-state index >= 15 is 0 Å². The Morgan fingerprint density at radius 2 is 1.86 bits per heavy atom. The highest BCUT2D eigenvalue weighted by Gasteiger charge is 2.13. The topological polar surface area (TPSA) is 84.5 Å². The van der Waals surface area contributed by atoms with E-state index in [2.05, 4.69) is 10.6 Å². The molecule has 0 radical (unpaired) electrons. The summed E-state index contributed by atoms with van der Waals surface area (Å²) in [6, 6.07) is 6.92. The van der Waals surface area contributed by atoms with Crippen molar-refractivity contribution in [3.8, 4) is 0 Å². The third kappa shape index (κ3) is 6.56. The first-order valence-corrected chi connectivity index (χ1v) is 7.57. The molecule has 7 heteroatoms. The minimum absolute atomic E-state index is 0.126. The molecule has 0 atom stereocenters. The van der Waals surface area contributed by atoms with E-state index in [-0.39, 0.29) is 12.5 Å². The van der Waals surface area contributed by atoms with Crippen molar-refractivity contribution >= 4 is 40.4 Å². The van der Waals surface area contributed by atoms with Crippen LogP contribution in [0.1, 0.15) is 23.7 Å². The third-order valence-electron chi connectivity index (χ3n) is 2.45. The molecular weight excluding hydrogens is 387 g/mol. The Bertz CT molecular complexity index is 519.